The van der Waals surface area contributed by atoms with Crippen molar-refractivity contribution in [3.63, 3.8) is 0 Å². The SMILES string of the molecule is CC(C)CCCNC(=O)c1cc(Cl)c2c(c1)OCO2. The zero-order valence-electron chi connectivity index (χ0n) is 11.2. The van der Waals surface area contributed by atoms with Crippen LogP contribution in [-0.2, 0) is 0 Å². The summed E-state index contributed by atoms with van der Waals surface area (Å²) in [5.41, 5.74) is 0.499. The summed E-state index contributed by atoms with van der Waals surface area (Å²) in [4.78, 5) is 12.0. The van der Waals surface area contributed by atoms with Crippen LogP contribution in [0.2, 0.25) is 5.02 Å². The van der Waals surface area contributed by atoms with Crippen molar-refractivity contribution in [1.82, 2.24) is 5.32 Å². The fourth-order valence-electron chi connectivity index (χ4n) is 1.91. The Morgan fingerprint density at radius 3 is 2.95 bits per heavy atom. The minimum Gasteiger partial charge on any atom is -0.454 e. The maximum absolute atomic E-state index is 12.0. The summed E-state index contributed by atoms with van der Waals surface area (Å²) in [6, 6.07) is 3.26. The Morgan fingerprint density at radius 1 is 1.42 bits per heavy atom. The zero-order valence-corrected chi connectivity index (χ0v) is 11.9. The third-order valence-electron chi connectivity index (χ3n) is 2.93. The van der Waals surface area contributed by atoms with Gasteiger partial charge in [0, 0.05) is 12.1 Å². The fourth-order valence-corrected chi connectivity index (χ4v) is 2.18. The Hall–Kier alpha value is -1.42. The minimum atomic E-state index is -0.135. The van der Waals surface area contributed by atoms with Crippen molar-refractivity contribution in [2.75, 3.05) is 13.3 Å². The van der Waals surface area contributed by atoms with Crippen LogP contribution < -0.4 is 14.8 Å². The number of ether oxygens (including phenoxy) is 2. The number of fused-ring (bicyclic) bond motifs is 1. The van der Waals surface area contributed by atoms with Crippen LogP contribution in [0.15, 0.2) is 12.1 Å². The van der Waals surface area contributed by atoms with Crippen molar-refractivity contribution < 1.29 is 14.3 Å². The van der Waals surface area contributed by atoms with Gasteiger partial charge in [0.2, 0.25) is 6.79 Å². The molecule has 1 aliphatic heterocycles. The number of halogens is 1. The third kappa shape index (κ3) is 3.53. The van der Waals surface area contributed by atoms with Crippen LogP contribution in [0.1, 0.15) is 37.0 Å². The number of carbonyl (C=O) groups excluding carboxylic acids is 1. The molecule has 1 aromatic carbocycles. The Morgan fingerprint density at radius 2 is 2.21 bits per heavy atom. The summed E-state index contributed by atoms with van der Waals surface area (Å²) in [5, 5.41) is 3.28. The third-order valence-corrected chi connectivity index (χ3v) is 3.21. The molecule has 0 fully saturated rings. The second-order valence-electron chi connectivity index (χ2n) is 4.98. The van der Waals surface area contributed by atoms with Gasteiger partial charge in [-0.2, -0.15) is 0 Å². The first-order valence-corrected chi connectivity index (χ1v) is 6.83. The summed E-state index contributed by atoms with van der Waals surface area (Å²) in [7, 11) is 0. The fraction of sp³-hybridized carbons (Fsp3) is 0.500. The highest BCUT2D eigenvalue weighted by Crippen LogP contribution is 2.39. The lowest BCUT2D eigenvalue weighted by Gasteiger charge is -2.08. The normalized spacial score (nSPS) is 12.8. The van der Waals surface area contributed by atoms with Gasteiger partial charge in [-0.05, 0) is 30.9 Å². The Kier molecular flexibility index (Phi) is 4.53. The van der Waals surface area contributed by atoms with Crippen LogP contribution in [0.25, 0.3) is 0 Å². The van der Waals surface area contributed by atoms with Crippen molar-refractivity contribution >= 4 is 17.5 Å². The van der Waals surface area contributed by atoms with E-state index in [1.807, 2.05) is 0 Å². The van der Waals surface area contributed by atoms with Gasteiger partial charge < -0.3 is 14.8 Å². The number of benzene rings is 1. The summed E-state index contributed by atoms with van der Waals surface area (Å²) in [6.45, 7) is 5.15. The highest BCUT2D eigenvalue weighted by atomic mass is 35.5. The van der Waals surface area contributed by atoms with E-state index in [0.29, 0.717) is 34.5 Å². The molecule has 0 atom stereocenters. The van der Waals surface area contributed by atoms with E-state index < -0.39 is 0 Å². The molecule has 2 rings (SSSR count). The Labute approximate surface area is 118 Å². The van der Waals surface area contributed by atoms with Crippen molar-refractivity contribution in [3.05, 3.63) is 22.7 Å². The van der Waals surface area contributed by atoms with Crippen molar-refractivity contribution in [2.24, 2.45) is 5.92 Å². The van der Waals surface area contributed by atoms with Crippen LogP contribution >= 0.6 is 11.6 Å². The molecule has 1 N–H and O–H groups in total. The van der Waals surface area contributed by atoms with E-state index in [1.54, 1.807) is 12.1 Å². The number of nitrogens with one attached hydrogen (secondary N) is 1. The number of rotatable bonds is 5. The number of hydrogen-bond donors (Lipinski definition) is 1. The summed E-state index contributed by atoms with van der Waals surface area (Å²) < 4.78 is 10.4. The molecule has 1 aliphatic rings. The smallest absolute Gasteiger partial charge is 0.251 e. The molecule has 4 nitrogen and oxygen atoms in total. The first kappa shape index (κ1) is 14.0. The Bertz CT molecular complexity index is 474. The molecule has 0 bridgehead atoms. The number of amides is 1. The van der Waals surface area contributed by atoms with Crippen LogP contribution in [-0.4, -0.2) is 19.2 Å². The van der Waals surface area contributed by atoms with Gasteiger partial charge in [0.25, 0.3) is 5.91 Å². The van der Waals surface area contributed by atoms with Gasteiger partial charge >= 0.3 is 0 Å². The minimum absolute atomic E-state index is 0.135. The largest absolute Gasteiger partial charge is 0.454 e. The first-order valence-electron chi connectivity index (χ1n) is 6.45. The summed E-state index contributed by atoms with van der Waals surface area (Å²) >= 11 is 6.04. The predicted molar refractivity (Wildman–Crippen MR) is 74.0 cm³/mol. The lowest BCUT2D eigenvalue weighted by atomic mass is 10.1. The van der Waals surface area contributed by atoms with E-state index in [1.165, 1.54) is 0 Å². The molecular weight excluding hydrogens is 266 g/mol. The second-order valence-corrected chi connectivity index (χ2v) is 5.39. The molecule has 0 spiro atoms. The van der Waals surface area contributed by atoms with E-state index in [-0.39, 0.29) is 12.7 Å². The van der Waals surface area contributed by atoms with Crippen LogP contribution in [0.3, 0.4) is 0 Å². The highest BCUT2D eigenvalue weighted by molar-refractivity contribution is 6.32. The average molecular weight is 284 g/mol. The molecule has 0 unspecified atom stereocenters. The van der Waals surface area contributed by atoms with Gasteiger partial charge in [0.15, 0.2) is 11.5 Å². The highest BCUT2D eigenvalue weighted by Gasteiger charge is 2.20. The quantitative estimate of drug-likeness (QED) is 0.844. The number of hydrogen-bond acceptors (Lipinski definition) is 3. The Balaban J connectivity index is 1.94. The van der Waals surface area contributed by atoms with Crippen LogP contribution in [0.4, 0.5) is 0 Å². The molecule has 1 aromatic rings. The molecule has 19 heavy (non-hydrogen) atoms. The van der Waals surface area contributed by atoms with E-state index >= 15 is 0 Å². The zero-order chi connectivity index (χ0) is 13.8. The van der Waals surface area contributed by atoms with E-state index in [0.717, 1.165) is 12.8 Å². The molecule has 104 valence electrons. The summed E-state index contributed by atoms with van der Waals surface area (Å²) in [6.07, 6.45) is 2.07. The monoisotopic (exact) mass is 283 g/mol. The summed E-state index contributed by atoms with van der Waals surface area (Å²) in [5.74, 6) is 1.55. The molecule has 5 heteroatoms. The van der Waals surface area contributed by atoms with Gasteiger partial charge in [-0.15, -0.1) is 0 Å². The molecule has 0 aromatic heterocycles. The average Bonchev–Trinajstić information content (AvgIpc) is 2.82. The van der Waals surface area contributed by atoms with E-state index in [2.05, 4.69) is 19.2 Å². The van der Waals surface area contributed by atoms with Gasteiger partial charge in [0.1, 0.15) is 0 Å². The van der Waals surface area contributed by atoms with Crippen LogP contribution in [0.5, 0.6) is 11.5 Å². The topological polar surface area (TPSA) is 47.6 Å². The molecule has 1 amide bonds. The predicted octanol–water partition coefficient (Wildman–Crippen LogP) is 3.23. The first-order chi connectivity index (χ1) is 9.08. The van der Waals surface area contributed by atoms with Gasteiger partial charge in [0.05, 0.1) is 5.02 Å². The van der Waals surface area contributed by atoms with Gasteiger partial charge in [-0.25, -0.2) is 0 Å². The molecular formula is C14H18ClNO3. The maximum Gasteiger partial charge on any atom is 0.251 e. The molecule has 0 saturated carbocycles. The molecule has 0 saturated heterocycles. The maximum atomic E-state index is 12.0. The lowest BCUT2D eigenvalue weighted by molar-refractivity contribution is 0.0952. The molecule has 0 aliphatic carbocycles. The van der Waals surface area contributed by atoms with Crippen molar-refractivity contribution in [1.29, 1.82) is 0 Å². The molecule has 1 heterocycles. The van der Waals surface area contributed by atoms with E-state index in [4.69, 9.17) is 21.1 Å². The van der Waals surface area contributed by atoms with E-state index in [9.17, 15) is 4.79 Å². The van der Waals surface area contributed by atoms with Gasteiger partial charge in [-0.1, -0.05) is 25.4 Å². The second kappa shape index (κ2) is 6.15. The van der Waals surface area contributed by atoms with Crippen molar-refractivity contribution in [2.45, 2.75) is 26.7 Å². The van der Waals surface area contributed by atoms with Crippen LogP contribution in [0, 0.1) is 5.92 Å². The van der Waals surface area contributed by atoms with Crippen molar-refractivity contribution in [3.8, 4) is 11.5 Å². The number of carbonyl (C=O) groups is 1. The lowest BCUT2D eigenvalue weighted by Crippen LogP contribution is -2.24. The van der Waals surface area contributed by atoms with Gasteiger partial charge in [-0.3, -0.25) is 4.79 Å². The standard InChI is InChI=1S/C14H18ClNO3/c1-9(2)4-3-5-16-14(17)10-6-11(15)13-12(7-10)18-8-19-13/h6-7,9H,3-5,8H2,1-2H3,(H,16,17). The molecule has 0 radical (unpaired) electrons.